The summed E-state index contributed by atoms with van der Waals surface area (Å²) in [4.78, 5) is 21.9. The van der Waals surface area contributed by atoms with E-state index in [-0.39, 0.29) is 16.9 Å². The van der Waals surface area contributed by atoms with Crippen LogP contribution in [0.15, 0.2) is 18.2 Å². The Morgan fingerprint density at radius 1 is 1.42 bits per heavy atom. The molecule has 0 radical (unpaired) electrons. The maximum absolute atomic E-state index is 12.9. The van der Waals surface area contributed by atoms with E-state index in [1.165, 1.54) is 18.2 Å². The largest absolute Gasteiger partial charge is 0.481 e. The minimum absolute atomic E-state index is 0.0623. The van der Waals surface area contributed by atoms with Crippen molar-refractivity contribution in [3.8, 4) is 5.75 Å². The standard InChI is InChI=1S/C12H9F3O4/c13-12(14,15)8-5-10(18)19-11-6(4-9(16)17)2-1-3-7(8)11/h1-3,8H,4-5H2,(H,16,17). The fourth-order valence-corrected chi connectivity index (χ4v) is 2.03. The second kappa shape index (κ2) is 4.56. The van der Waals surface area contributed by atoms with Crippen molar-refractivity contribution < 1.29 is 32.6 Å². The van der Waals surface area contributed by atoms with Crippen molar-refractivity contribution in [3.05, 3.63) is 29.3 Å². The predicted octanol–water partition coefficient (Wildman–Crippen LogP) is 2.27. The molecule has 0 amide bonds. The summed E-state index contributed by atoms with van der Waals surface area (Å²) in [5.74, 6) is -4.44. The van der Waals surface area contributed by atoms with Crippen LogP contribution in [0, 0.1) is 0 Å². The van der Waals surface area contributed by atoms with Gasteiger partial charge >= 0.3 is 18.1 Å². The van der Waals surface area contributed by atoms with Crippen LogP contribution in [0.2, 0.25) is 0 Å². The van der Waals surface area contributed by atoms with E-state index < -0.39 is 36.9 Å². The molecule has 102 valence electrons. The van der Waals surface area contributed by atoms with Crippen molar-refractivity contribution in [2.75, 3.05) is 0 Å². The van der Waals surface area contributed by atoms with Crippen LogP contribution in [0.25, 0.3) is 0 Å². The summed E-state index contributed by atoms with van der Waals surface area (Å²) in [5, 5.41) is 8.70. The highest BCUT2D eigenvalue weighted by molar-refractivity contribution is 5.79. The van der Waals surface area contributed by atoms with Gasteiger partial charge < -0.3 is 9.84 Å². The Hall–Kier alpha value is -2.05. The number of rotatable bonds is 2. The third-order valence-electron chi connectivity index (χ3n) is 2.83. The Morgan fingerprint density at radius 2 is 2.11 bits per heavy atom. The molecule has 1 N–H and O–H groups in total. The number of carbonyl (C=O) groups is 2. The quantitative estimate of drug-likeness (QED) is 0.663. The van der Waals surface area contributed by atoms with Crippen LogP contribution in [0.3, 0.4) is 0 Å². The maximum atomic E-state index is 12.9. The van der Waals surface area contributed by atoms with Gasteiger partial charge in [0.1, 0.15) is 5.75 Å². The SMILES string of the molecule is O=C(O)Cc1cccc2c1OC(=O)CC2C(F)(F)F. The highest BCUT2D eigenvalue weighted by atomic mass is 19.4. The van der Waals surface area contributed by atoms with Crippen molar-refractivity contribution in [2.24, 2.45) is 0 Å². The number of hydrogen-bond acceptors (Lipinski definition) is 3. The lowest BCUT2D eigenvalue weighted by Gasteiger charge is -2.27. The number of para-hydroxylation sites is 1. The molecule has 0 saturated heterocycles. The first kappa shape index (κ1) is 13.4. The summed E-state index contributed by atoms with van der Waals surface area (Å²) in [5.41, 5.74) is -0.127. The minimum Gasteiger partial charge on any atom is -0.481 e. The number of aliphatic carboxylic acids is 1. The normalized spacial score (nSPS) is 18.7. The van der Waals surface area contributed by atoms with Gasteiger partial charge in [-0.25, -0.2) is 0 Å². The fourth-order valence-electron chi connectivity index (χ4n) is 2.03. The van der Waals surface area contributed by atoms with Gasteiger partial charge in [0.25, 0.3) is 0 Å². The lowest BCUT2D eigenvalue weighted by molar-refractivity contribution is -0.166. The van der Waals surface area contributed by atoms with E-state index in [1.807, 2.05) is 0 Å². The van der Waals surface area contributed by atoms with E-state index in [9.17, 15) is 22.8 Å². The first-order valence-electron chi connectivity index (χ1n) is 5.40. The van der Waals surface area contributed by atoms with Gasteiger partial charge in [-0.3, -0.25) is 9.59 Å². The Balaban J connectivity index is 2.51. The number of fused-ring (bicyclic) bond motifs is 1. The highest BCUT2D eigenvalue weighted by Gasteiger charge is 2.46. The zero-order valence-electron chi connectivity index (χ0n) is 9.53. The number of carbonyl (C=O) groups excluding carboxylic acids is 1. The van der Waals surface area contributed by atoms with Crippen LogP contribution < -0.4 is 4.74 Å². The summed E-state index contributed by atoms with van der Waals surface area (Å²) in [6.45, 7) is 0. The van der Waals surface area contributed by atoms with E-state index in [2.05, 4.69) is 0 Å². The molecule has 1 aromatic carbocycles. The van der Waals surface area contributed by atoms with Gasteiger partial charge in [-0.1, -0.05) is 18.2 Å². The molecule has 1 aromatic rings. The zero-order valence-corrected chi connectivity index (χ0v) is 9.53. The van der Waals surface area contributed by atoms with Gasteiger partial charge in [0.2, 0.25) is 0 Å². The summed E-state index contributed by atoms with van der Waals surface area (Å²) in [6, 6.07) is 3.86. The number of halogens is 3. The molecule has 1 unspecified atom stereocenters. The van der Waals surface area contributed by atoms with E-state index in [1.54, 1.807) is 0 Å². The minimum atomic E-state index is -4.57. The summed E-state index contributed by atoms with van der Waals surface area (Å²) in [6.07, 6.45) is -5.86. The second-order valence-electron chi connectivity index (χ2n) is 4.18. The molecule has 0 aliphatic carbocycles. The highest BCUT2D eigenvalue weighted by Crippen LogP contribution is 2.45. The molecule has 7 heteroatoms. The van der Waals surface area contributed by atoms with Crippen LogP contribution in [0.4, 0.5) is 13.2 Å². The van der Waals surface area contributed by atoms with E-state index in [4.69, 9.17) is 9.84 Å². The van der Waals surface area contributed by atoms with Gasteiger partial charge in [0.15, 0.2) is 0 Å². The van der Waals surface area contributed by atoms with Crippen molar-refractivity contribution in [3.63, 3.8) is 0 Å². The monoisotopic (exact) mass is 274 g/mol. The molecule has 0 saturated carbocycles. The number of carboxylic acid groups (broad SMARTS) is 1. The van der Waals surface area contributed by atoms with Crippen LogP contribution >= 0.6 is 0 Å². The summed E-state index contributed by atoms with van der Waals surface area (Å²) in [7, 11) is 0. The number of carboxylic acids is 1. The van der Waals surface area contributed by atoms with Crippen molar-refractivity contribution in [2.45, 2.75) is 24.9 Å². The fraction of sp³-hybridized carbons (Fsp3) is 0.333. The Kier molecular flexibility index (Phi) is 3.21. The first-order valence-corrected chi connectivity index (χ1v) is 5.40. The molecule has 0 aromatic heterocycles. The number of esters is 1. The van der Waals surface area contributed by atoms with E-state index in [0.717, 1.165) is 0 Å². The van der Waals surface area contributed by atoms with Crippen molar-refractivity contribution in [1.29, 1.82) is 0 Å². The van der Waals surface area contributed by atoms with Gasteiger partial charge in [0, 0.05) is 11.1 Å². The Bertz CT molecular complexity index is 536. The third-order valence-corrected chi connectivity index (χ3v) is 2.83. The van der Waals surface area contributed by atoms with E-state index in [0.29, 0.717) is 0 Å². The van der Waals surface area contributed by atoms with Crippen LogP contribution in [0.5, 0.6) is 5.75 Å². The lowest BCUT2D eigenvalue weighted by atomic mass is 9.90. The molecule has 2 rings (SSSR count). The topological polar surface area (TPSA) is 63.6 Å². The molecule has 0 bridgehead atoms. The zero-order chi connectivity index (χ0) is 14.2. The number of ether oxygens (including phenoxy) is 1. The van der Waals surface area contributed by atoms with Gasteiger partial charge in [-0.2, -0.15) is 13.2 Å². The van der Waals surface area contributed by atoms with Crippen LogP contribution in [-0.2, 0) is 16.0 Å². The molecular weight excluding hydrogens is 265 g/mol. The lowest BCUT2D eigenvalue weighted by Crippen LogP contribution is -2.30. The average Bonchev–Trinajstić information content (AvgIpc) is 2.27. The molecule has 1 heterocycles. The molecule has 19 heavy (non-hydrogen) atoms. The van der Waals surface area contributed by atoms with Crippen molar-refractivity contribution >= 4 is 11.9 Å². The number of alkyl halides is 3. The second-order valence-corrected chi connectivity index (χ2v) is 4.18. The van der Waals surface area contributed by atoms with Crippen LogP contribution in [0.1, 0.15) is 23.5 Å². The number of hydrogen-bond donors (Lipinski definition) is 1. The molecule has 1 aliphatic heterocycles. The molecule has 1 aliphatic rings. The molecule has 0 spiro atoms. The van der Waals surface area contributed by atoms with Crippen LogP contribution in [-0.4, -0.2) is 23.2 Å². The summed E-state index contributed by atoms with van der Waals surface area (Å²) >= 11 is 0. The molecule has 1 atom stereocenters. The van der Waals surface area contributed by atoms with Gasteiger partial charge in [-0.15, -0.1) is 0 Å². The predicted molar refractivity (Wildman–Crippen MR) is 56.8 cm³/mol. The number of benzene rings is 1. The first-order chi connectivity index (χ1) is 8.79. The molecule has 0 fully saturated rings. The Labute approximate surface area is 105 Å². The van der Waals surface area contributed by atoms with Gasteiger partial charge in [0.05, 0.1) is 18.8 Å². The summed E-state index contributed by atoms with van der Waals surface area (Å²) < 4.78 is 43.4. The molecular formula is C12H9F3O4. The van der Waals surface area contributed by atoms with Crippen molar-refractivity contribution in [1.82, 2.24) is 0 Å². The average molecular weight is 274 g/mol. The van der Waals surface area contributed by atoms with Gasteiger partial charge in [-0.05, 0) is 0 Å². The van der Waals surface area contributed by atoms with E-state index >= 15 is 0 Å². The maximum Gasteiger partial charge on any atom is 0.396 e. The third kappa shape index (κ3) is 2.69. The smallest absolute Gasteiger partial charge is 0.396 e. The molecule has 4 nitrogen and oxygen atoms in total. The Morgan fingerprint density at radius 3 is 2.68 bits per heavy atom.